The minimum absolute atomic E-state index is 0.0940. The van der Waals surface area contributed by atoms with Gasteiger partial charge in [-0.2, -0.15) is 5.10 Å². The van der Waals surface area contributed by atoms with Crippen LogP contribution in [0.2, 0.25) is 0 Å². The van der Waals surface area contributed by atoms with Crippen molar-refractivity contribution < 1.29 is 21.9 Å². The van der Waals surface area contributed by atoms with Crippen LogP contribution in [0.15, 0.2) is 28.4 Å². The van der Waals surface area contributed by atoms with Gasteiger partial charge < -0.3 is 5.11 Å². The maximum Gasteiger partial charge on any atom is 0.267 e. The highest BCUT2D eigenvalue weighted by Crippen LogP contribution is 2.45. The molecule has 160 valence electrons. The number of nitrogens with one attached hydrogen (secondary N) is 1. The predicted octanol–water partition coefficient (Wildman–Crippen LogP) is 1.06. The molecular formula is C17H25N5O5S2. The molecule has 0 saturated heterocycles. The number of aryl methyl sites for hydroxylation is 1. The Hall–Kier alpha value is -2.05. The molecule has 0 radical (unpaired) electrons. The summed E-state index contributed by atoms with van der Waals surface area (Å²) in [5.41, 5.74) is -1.30. The standard InChI is InChI=1S/C17H25N5O5S2/c1-11-6-5-7-12(2)17(11,23)14-8-15(28(4,24)25)20-16(19-14)21-29(26,27)13-9-18-22(3)10-13/h8-12,23H,5-7H2,1-4H3,(H,19,20,21). The number of anilines is 1. The topological polar surface area (TPSA) is 144 Å². The molecule has 1 aliphatic rings. The summed E-state index contributed by atoms with van der Waals surface area (Å²) in [6, 6.07) is 1.23. The van der Waals surface area contributed by atoms with Gasteiger partial charge in [0, 0.05) is 25.6 Å². The lowest BCUT2D eigenvalue weighted by atomic mass is 9.68. The smallest absolute Gasteiger partial charge is 0.267 e. The minimum Gasteiger partial charge on any atom is -0.383 e. The number of hydrogen-bond donors (Lipinski definition) is 2. The van der Waals surface area contributed by atoms with Crippen molar-refractivity contribution in [1.29, 1.82) is 0 Å². The van der Waals surface area contributed by atoms with E-state index in [0.29, 0.717) is 0 Å². The summed E-state index contributed by atoms with van der Waals surface area (Å²) >= 11 is 0. The summed E-state index contributed by atoms with van der Waals surface area (Å²) in [5, 5.41) is 14.9. The lowest BCUT2D eigenvalue weighted by Gasteiger charge is -2.42. The molecule has 0 amide bonds. The zero-order valence-corrected chi connectivity index (χ0v) is 18.3. The van der Waals surface area contributed by atoms with Crippen LogP contribution in [0, 0.1) is 11.8 Å². The van der Waals surface area contributed by atoms with Crippen LogP contribution in [0.3, 0.4) is 0 Å². The van der Waals surface area contributed by atoms with Crippen LogP contribution in [0.1, 0.15) is 38.8 Å². The highest BCUT2D eigenvalue weighted by Gasteiger charge is 2.45. The first-order valence-electron chi connectivity index (χ1n) is 9.17. The van der Waals surface area contributed by atoms with Gasteiger partial charge in [-0.3, -0.25) is 4.68 Å². The van der Waals surface area contributed by atoms with Gasteiger partial charge in [0.2, 0.25) is 5.95 Å². The van der Waals surface area contributed by atoms with Crippen molar-refractivity contribution in [2.75, 3.05) is 11.0 Å². The largest absolute Gasteiger partial charge is 0.383 e. The molecule has 0 bridgehead atoms. The van der Waals surface area contributed by atoms with Gasteiger partial charge in [0.25, 0.3) is 10.0 Å². The Morgan fingerprint density at radius 1 is 1.17 bits per heavy atom. The normalized spacial score (nSPS) is 25.7. The number of aromatic nitrogens is 4. The summed E-state index contributed by atoms with van der Waals surface area (Å²) in [6.45, 7) is 3.74. The number of sulfonamides is 1. The molecule has 3 rings (SSSR count). The van der Waals surface area contributed by atoms with Crippen LogP contribution in [0.5, 0.6) is 0 Å². The lowest BCUT2D eigenvalue weighted by molar-refractivity contribution is -0.0927. The Balaban J connectivity index is 2.12. The second-order valence-corrected chi connectivity index (χ2v) is 11.3. The summed E-state index contributed by atoms with van der Waals surface area (Å²) in [4.78, 5) is 7.97. The zero-order chi connectivity index (χ0) is 21.6. The molecule has 10 nitrogen and oxygen atoms in total. The fourth-order valence-electron chi connectivity index (χ4n) is 3.74. The van der Waals surface area contributed by atoms with E-state index >= 15 is 0 Å². The summed E-state index contributed by atoms with van der Waals surface area (Å²) < 4.78 is 53.1. The fourth-order valence-corrected chi connectivity index (χ4v) is 5.25. The molecule has 2 unspecified atom stereocenters. The van der Waals surface area contributed by atoms with E-state index in [9.17, 15) is 21.9 Å². The molecular weight excluding hydrogens is 418 g/mol. The molecule has 0 aliphatic heterocycles. The van der Waals surface area contributed by atoms with E-state index in [0.717, 1.165) is 31.7 Å². The Morgan fingerprint density at radius 2 is 1.79 bits per heavy atom. The average Bonchev–Trinajstić information content (AvgIpc) is 3.05. The third kappa shape index (κ3) is 4.14. The van der Waals surface area contributed by atoms with E-state index in [1.165, 1.54) is 16.9 Å². The first-order chi connectivity index (χ1) is 13.3. The van der Waals surface area contributed by atoms with Gasteiger partial charge in [-0.25, -0.2) is 31.5 Å². The summed E-state index contributed by atoms with van der Waals surface area (Å²) in [7, 11) is -6.29. The van der Waals surface area contributed by atoms with E-state index in [2.05, 4.69) is 19.8 Å². The molecule has 2 atom stereocenters. The van der Waals surface area contributed by atoms with E-state index in [-0.39, 0.29) is 27.5 Å². The Kier molecular flexibility index (Phi) is 5.47. The molecule has 29 heavy (non-hydrogen) atoms. The number of nitrogens with zero attached hydrogens (tertiary/aromatic N) is 4. The molecule has 1 fully saturated rings. The molecule has 2 aromatic rings. The maximum atomic E-state index is 12.6. The van der Waals surface area contributed by atoms with E-state index < -0.39 is 31.4 Å². The van der Waals surface area contributed by atoms with Gasteiger partial charge in [0.05, 0.1) is 11.9 Å². The van der Waals surface area contributed by atoms with E-state index in [1.807, 2.05) is 13.8 Å². The van der Waals surface area contributed by atoms with Gasteiger partial charge >= 0.3 is 0 Å². The second-order valence-electron chi connectivity index (χ2n) is 7.70. The van der Waals surface area contributed by atoms with E-state index in [4.69, 9.17) is 0 Å². The van der Waals surface area contributed by atoms with Gasteiger partial charge in [-0.1, -0.05) is 20.3 Å². The Morgan fingerprint density at radius 3 is 2.31 bits per heavy atom. The molecule has 2 N–H and O–H groups in total. The van der Waals surface area contributed by atoms with Crippen molar-refractivity contribution in [2.24, 2.45) is 18.9 Å². The summed E-state index contributed by atoms with van der Waals surface area (Å²) in [6.07, 6.45) is 5.85. The van der Waals surface area contributed by atoms with Crippen molar-refractivity contribution >= 4 is 25.8 Å². The zero-order valence-electron chi connectivity index (χ0n) is 16.7. The number of aliphatic hydroxyl groups is 1. The van der Waals surface area contributed by atoms with Crippen molar-refractivity contribution in [3.05, 3.63) is 24.2 Å². The Labute approximate surface area is 170 Å². The van der Waals surface area contributed by atoms with Gasteiger partial charge in [-0.05, 0) is 24.7 Å². The molecule has 2 aromatic heterocycles. The fraction of sp³-hybridized carbons (Fsp3) is 0.588. The minimum atomic E-state index is -4.08. The number of hydrogen-bond acceptors (Lipinski definition) is 8. The number of rotatable bonds is 5. The molecule has 0 aromatic carbocycles. The van der Waals surface area contributed by atoms with Gasteiger partial charge in [0.15, 0.2) is 14.9 Å². The summed E-state index contributed by atoms with van der Waals surface area (Å²) in [5.74, 6) is -0.780. The quantitative estimate of drug-likeness (QED) is 0.653. The monoisotopic (exact) mass is 443 g/mol. The first kappa shape index (κ1) is 21.7. The van der Waals surface area contributed by atoms with E-state index in [1.54, 1.807) is 7.05 Å². The molecule has 0 spiro atoms. The lowest BCUT2D eigenvalue weighted by Crippen LogP contribution is -2.44. The number of sulfone groups is 1. The van der Waals surface area contributed by atoms with Gasteiger partial charge in [0.1, 0.15) is 10.5 Å². The predicted molar refractivity (Wildman–Crippen MR) is 105 cm³/mol. The maximum absolute atomic E-state index is 12.6. The highest BCUT2D eigenvalue weighted by molar-refractivity contribution is 7.92. The van der Waals surface area contributed by atoms with Crippen LogP contribution in [-0.4, -0.2) is 47.9 Å². The Bertz CT molecular complexity index is 1120. The second kappa shape index (κ2) is 7.33. The SMILES string of the molecule is CC1CCCC(C)C1(O)c1cc(S(C)(=O)=O)nc(NS(=O)(=O)c2cnn(C)c2)n1. The van der Waals surface area contributed by atoms with Crippen LogP contribution in [0.25, 0.3) is 0 Å². The first-order valence-corrected chi connectivity index (χ1v) is 12.5. The van der Waals surface area contributed by atoms with Crippen molar-refractivity contribution in [1.82, 2.24) is 19.7 Å². The highest BCUT2D eigenvalue weighted by atomic mass is 32.2. The third-order valence-electron chi connectivity index (χ3n) is 5.49. The van der Waals surface area contributed by atoms with Crippen molar-refractivity contribution in [3.8, 4) is 0 Å². The molecule has 1 aliphatic carbocycles. The molecule has 1 saturated carbocycles. The van der Waals surface area contributed by atoms with Crippen LogP contribution < -0.4 is 4.72 Å². The van der Waals surface area contributed by atoms with Gasteiger partial charge in [-0.15, -0.1) is 0 Å². The van der Waals surface area contributed by atoms with Crippen LogP contribution >= 0.6 is 0 Å². The third-order valence-corrected chi connectivity index (χ3v) is 7.74. The van der Waals surface area contributed by atoms with Crippen molar-refractivity contribution in [3.63, 3.8) is 0 Å². The van der Waals surface area contributed by atoms with Crippen LogP contribution in [-0.2, 0) is 32.5 Å². The van der Waals surface area contributed by atoms with Crippen LogP contribution in [0.4, 0.5) is 5.95 Å². The molecule has 12 heteroatoms. The average molecular weight is 444 g/mol. The molecule has 2 heterocycles. The van der Waals surface area contributed by atoms with Crippen molar-refractivity contribution in [2.45, 2.75) is 48.6 Å².